The van der Waals surface area contributed by atoms with Gasteiger partial charge in [-0.2, -0.15) is 0 Å². The summed E-state index contributed by atoms with van der Waals surface area (Å²) in [6.07, 6.45) is 0. The summed E-state index contributed by atoms with van der Waals surface area (Å²) in [7, 11) is 0. The lowest BCUT2D eigenvalue weighted by Gasteiger charge is -2.16. The topological polar surface area (TPSA) is 12.9 Å². The standard InChI is InChI=1S/C45H29N/c1-2-12-30(13-3-1)37-20-8-9-21-38(37)35-18-10-16-33(28-35)34-17-11-19-36(29-34)43-41-26-24-31-14-4-6-22-39(31)44(41)46-45-40-23-7-5-15-32(40)25-27-42(43)45/h1-29H. The Bertz CT molecular complexity index is 2490. The third-order valence-electron chi connectivity index (χ3n) is 9.23. The lowest BCUT2D eigenvalue weighted by Crippen LogP contribution is -1.92. The van der Waals surface area contributed by atoms with Crippen LogP contribution in [-0.4, -0.2) is 4.98 Å². The van der Waals surface area contributed by atoms with Crippen LogP contribution in [-0.2, 0) is 0 Å². The maximum Gasteiger partial charge on any atom is 0.0794 e. The maximum atomic E-state index is 5.38. The van der Waals surface area contributed by atoms with E-state index in [9.17, 15) is 0 Å². The zero-order valence-electron chi connectivity index (χ0n) is 25.2. The van der Waals surface area contributed by atoms with Crippen LogP contribution in [0, 0.1) is 0 Å². The SMILES string of the molecule is c1ccc(-c2ccccc2-c2cccc(-c3cccc(-c4c5ccc6ccccc6c5nc5c4ccc4ccccc45)c3)c2)cc1. The first kappa shape index (κ1) is 26.4. The molecule has 0 bridgehead atoms. The number of fused-ring (bicyclic) bond motifs is 6. The van der Waals surface area contributed by atoms with Crippen LogP contribution in [0.3, 0.4) is 0 Å². The molecule has 0 radical (unpaired) electrons. The lowest BCUT2D eigenvalue weighted by atomic mass is 9.90. The normalized spacial score (nSPS) is 11.5. The summed E-state index contributed by atoms with van der Waals surface area (Å²) in [4.78, 5) is 5.38. The van der Waals surface area contributed by atoms with Gasteiger partial charge in [0, 0.05) is 27.1 Å². The Balaban J connectivity index is 1.26. The Hall–Kier alpha value is -6.05. The molecule has 0 amide bonds. The molecule has 9 rings (SSSR count). The van der Waals surface area contributed by atoms with Crippen molar-refractivity contribution in [2.24, 2.45) is 0 Å². The second-order valence-electron chi connectivity index (χ2n) is 11.9. The van der Waals surface area contributed by atoms with E-state index in [2.05, 4.69) is 176 Å². The van der Waals surface area contributed by atoms with Crippen LogP contribution < -0.4 is 0 Å². The van der Waals surface area contributed by atoms with Crippen molar-refractivity contribution in [3.05, 3.63) is 176 Å². The lowest BCUT2D eigenvalue weighted by molar-refractivity contribution is 1.53. The van der Waals surface area contributed by atoms with E-state index in [-0.39, 0.29) is 0 Å². The molecule has 0 atom stereocenters. The minimum absolute atomic E-state index is 1.04. The van der Waals surface area contributed by atoms with Gasteiger partial charge in [0.1, 0.15) is 0 Å². The Kier molecular flexibility index (Phi) is 6.21. The van der Waals surface area contributed by atoms with Crippen LogP contribution in [0.4, 0.5) is 0 Å². The van der Waals surface area contributed by atoms with Crippen molar-refractivity contribution in [2.75, 3.05) is 0 Å². The number of hydrogen-bond acceptors (Lipinski definition) is 1. The summed E-state index contributed by atoms with van der Waals surface area (Å²) in [6.45, 7) is 0. The molecule has 1 nitrogen and oxygen atoms in total. The average molecular weight is 584 g/mol. The van der Waals surface area contributed by atoms with Gasteiger partial charge >= 0.3 is 0 Å². The molecule has 0 aliphatic heterocycles. The average Bonchev–Trinajstić information content (AvgIpc) is 3.14. The molecule has 0 saturated carbocycles. The molecule has 46 heavy (non-hydrogen) atoms. The Morgan fingerprint density at radius 3 is 1.37 bits per heavy atom. The van der Waals surface area contributed by atoms with Crippen LogP contribution in [0.25, 0.3) is 87.9 Å². The molecule has 0 N–H and O–H groups in total. The molecule has 1 heterocycles. The maximum absolute atomic E-state index is 5.38. The van der Waals surface area contributed by atoms with E-state index in [1.165, 1.54) is 76.8 Å². The highest BCUT2D eigenvalue weighted by Gasteiger charge is 2.16. The number of benzene rings is 8. The highest BCUT2D eigenvalue weighted by Crippen LogP contribution is 2.41. The van der Waals surface area contributed by atoms with Gasteiger partial charge in [0.15, 0.2) is 0 Å². The van der Waals surface area contributed by atoms with Crippen molar-refractivity contribution in [3.8, 4) is 44.5 Å². The number of pyridine rings is 1. The summed E-state index contributed by atoms with van der Waals surface area (Å²) in [5, 5.41) is 7.10. The first-order valence-electron chi connectivity index (χ1n) is 15.8. The van der Waals surface area contributed by atoms with E-state index in [1.54, 1.807) is 0 Å². The van der Waals surface area contributed by atoms with Crippen LogP contribution >= 0.6 is 0 Å². The van der Waals surface area contributed by atoms with Gasteiger partial charge in [-0.05, 0) is 61.8 Å². The Morgan fingerprint density at radius 1 is 0.283 bits per heavy atom. The van der Waals surface area contributed by atoms with Crippen molar-refractivity contribution in [1.29, 1.82) is 0 Å². The fourth-order valence-electron chi connectivity index (χ4n) is 7.05. The highest BCUT2D eigenvalue weighted by molar-refractivity contribution is 6.21. The number of rotatable bonds is 4. The van der Waals surface area contributed by atoms with Crippen molar-refractivity contribution in [3.63, 3.8) is 0 Å². The minimum Gasteiger partial charge on any atom is -0.246 e. The molecular weight excluding hydrogens is 555 g/mol. The van der Waals surface area contributed by atoms with Crippen LogP contribution in [0.5, 0.6) is 0 Å². The van der Waals surface area contributed by atoms with E-state index < -0.39 is 0 Å². The van der Waals surface area contributed by atoms with Gasteiger partial charge in [-0.25, -0.2) is 4.98 Å². The second-order valence-corrected chi connectivity index (χ2v) is 11.9. The fourth-order valence-corrected chi connectivity index (χ4v) is 7.05. The summed E-state index contributed by atoms with van der Waals surface area (Å²) in [5.74, 6) is 0. The Labute approximate surface area is 268 Å². The Morgan fingerprint density at radius 2 is 0.739 bits per heavy atom. The van der Waals surface area contributed by atoms with Crippen molar-refractivity contribution in [1.82, 2.24) is 4.98 Å². The molecule has 9 aromatic rings. The second kappa shape index (κ2) is 10.8. The van der Waals surface area contributed by atoms with Crippen LogP contribution in [0.2, 0.25) is 0 Å². The smallest absolute Gasteiger partial charge is 0.0794 e. The van der Waals surface area contributed by atoms with Gasteiger partial charge < -0.3 is 0 Å². The molecule has 8 aromatic carbocycles. The molecular formula is C45H29N. The minimum atomic E-state index is 1.04. The van der Waals surface area contributed by atoms with Gasteiger partial charge in [-0.3, -0.25) is 0 Å². The predicted octanol–water partition coefficient (Wildman–Crippen LogP) is 12.4. The van der Waals surface area contributed by atoms with Crippen molar-refractivity contribution >= 4 is 43.4 Å². The monoisotopic (exact) mass is 583 g/mol. The van der Waals surface area contributed by atoms with Gasteiger partial charge in [0.05, 0.1) is 11.0 Å². The molecule has 0 spiro atoms. The molecule has 1 aromatic heterocycles. The van der Waals surface area contributed by atoms with Gasteiger partial charge in [0.2, 0.25) is 0 Å². The molecule has 214 valence electrons. The van der Waals surface area contributed by atoms with E-state index in [4.69, 9.17) is 4.98 Å². The van der Waals surface area contributed by atoms with E-state index in [0.717, 1.165) is 11.0 Å². The van der Waals surface area contributed by atoms with E-state index >= 15 is 0 Å². The molecule has 0 aliphatic rings. The van der Waals surface area contributed by atoms with Gasteiger partial charge in [-0.15, -0.1) is 0 Å². The third-order valence-corrected chi connectivity index (χ3v) is 9.23. The summed E-state index contributed by atoms with van der Waals surface area (Å²) < 4.78 is 0. The summed E-state index contributed by atoms with van der Waals surface area (Å²) in [6, 6.07) is 63.4. The third kappa shape index (κ3) is 4.37. The van der Waals surface area contributed by atoms with Crippen LogP contribution in [0.15, 0.2) is 176 Å². The van der Waals surface area contributed by atoms with Gasteiger partial charge in [0.25, 0.3) is 0 Å². The molecule has 0 saturated heterocycles. The predicted molar refractivity (Wildman–Crippen MR) is 196 cm³/mol. The number of hydrogen-bond donors (Lipinski definition) is 0. The summed E-state index contributed by atoms with van der Waals surface area (Å²) in [5.41, 5.74) is 11.8. The van der Waals surface area contributed by atoms with Crippen LogP contribution in [0.1, 0.15) is 0 Å². The first-order chi connectivity index (χ1) is 22.8. The fraction of sp³-hybridized carbons (Fsp3) is 0. The van der Waals surface area contributed by atoms with E-state index in [0.29, 0.717) is 0 Å². The van der Waals surface area contributed by atoms with Crippen molar-refractivity contribution in [2.45, 2.75) is 0 Å². The van der Waals surface area contributed by atoms with Gasteiger partial charge in [-0.1, -0.05) is 164 Å². The highest BCUT2D eigenvalue weighted by atomic mass is 14.7. The number of aromatic nitrogens is 1. The molecule has 0 fully saturated rings. The van der Waals surface area contributed by atoms with Crippen molar-refractivity contribution < 1.29 is 0 Å². The summed E-state index contributed by atoms with van der Waals surface area (Å²) >= 11 is 0. The first-order valence-corrected chi connectivity index (χ1v) is 15.8. The quantitative estimate of drug-likeness (QED) is 0.148. The zero-order valence-corrected chi connectivity index (χ0v) is 25.2. The molecule has 1 heteroatoms. The molecule has 0 aliphatic carbocycles. The largest absolute Gasteiger partial charge is 0.246 e. The zero-order chi connectivity index (χ0) is 30.5. The number of nitrogens with zero attached hydrogens (tertiary/aromatic N) is 1. The molecule has 0 unspecified atom stereocenters. The van der Waals surface area contributed by atoms with E-state index in [1.807, 2.05) is 0 Å².